The maximum Gasteiger partial charge on any atom is 0.156 e. The van der Waals surface area contributed by atoms with Gasteiger partial charge >= 0.3 is 0 Å². The Morgan fingerprint density at radius 3 is 2.61 bits per heavy atom. The van der Waals surface area contributed by atoms with Gasteiger partial charge in [0.1, 0.15) is 5.75 Å². The Morgan fingerprint density at radius 2 is 1.87 bits per heavy atom. The van der Waals surface area contributed by atoms with Gasteiger partial charge in [0, 0.05) is 16.6 Å². The Morgan fingerprint density at radius 1 is 1.09 bits per heavy atom. The van der Waals surface area contributed by atoms with E-state index in [1.807, 2.05) is 60.0 Å². The van der Waals surface area contributed by atoms with Crippen molar-refractivity contribution in [2.75, 3.05) is 13.6 Å². The van der Waals surface area contributed by atoms with E-state index in [1.54, 1.807) is 18.4 Å². The summed E-state index contributed by atoms with van der Waals surface area (Å²) >= 11 is 1.66. The van der Waals surface area contributed by atoms with Crippen LogP contribution in [0, 0.1) is 0 Å². The molecule has 0 aliphatic carbocycles. The van der Waals surface area contributed by atoms with E-state index in [2.05, 4.69) is 5.32 Å². The summed E-state index contributed by atoms with van der Waals surface area (Å²) in [4.78, 5) is 0. The second-order valence-corrected chi connectivity index (χ2v) is 6.06. The van der Waals surface area contributed by atoms with Crippen molar-refractivity contribution in [2.45, 2.75) is 12.3 Å². The van der Waals surface area contributed by atoms with Crippen LogP contribution in [-0.2, 0) is 0 Å². The van der Waals surface area contributed by atoms with Gasteiger partial charge in [-0.2, -0.15) is 0 Å². The predicted octanol–water partition coefficient (Wildman–Crippen LogP) is 5.00. The number of ether oxygens (including phenoxy) is 1. The highest BCUT2D eigenvalue weighted by Gasteiger charge is 2.25. The second-order valence-electron chi connectivity index (χ2n) is 5.11. The molecule has 1 aromatic heterocycles. The molecule has 2 aromatic carbocycles. The summed E-state index contributed by atoms with van der Waals surface area (Å²) in [5.41, 5.74) is 0.845. The lowest BCUT2D eigenvalue weighted by Gasteiger charge is -2.23. The van der Waals surface area contributed by atoms with Crippen LogP contribution >= 0.6 is 23.7 Å². The molecule has 2 atom stereocenters. The van der Waals surface area contributed by atoms with Crippen molar-refractivity contribution in [3.05, 3.63) is 65.5 Å². The summed E-state index contributed by atoms with van der Waals surface area (Å²) < 4.78 is 21.8. The van der Waals surface area contributed by atoms with E-state index in [0.717, 1.165) is 21.4 Å². The average Bonchev–Trinajstić information content (AvgIpc) is 3.03. The predicted molar refractivity (Wildman–Crippen MR) is 97.7 cm³/mol. The molecular formula is C18H19ClFNOS. The van der Waals surface area contributed by atoms with Crippen LogP contribution < -0.4 is 10.1 Å². The zero-order valence-corrected chi connectivity index (χ0v) is 14.4. The molecule has 122 valence electrons. The van der Waals surface area contributed by atoms with Crippen molar-refractivity contribution in [3.63, 3.8) is 0 Å². The van der Waals surface area contributed by atoms with Gasteiger partial charge in [0.15, 0.2) is 12.3 Å². The van der Waals surface area contributed by atoms with Crippen molar-refractivity contribution in [1.29, 1.82) is 0 Å². The lowest BCUT2D eigenvalue weighted by atomic mass is 10.0. The summed E-state index contributed by atoms with van der Waals surface area (Å²) in [7, 11) is 1.74. The molecule has 5 heteroatoms. The smallest absolute Gasteiger partial charge is 0.156 e. The second kappa shape index (κ2) is 8.29. The average molecular weight is 352 g/mol. The number of alkyl halides is 1. The molecule has 0 bridgehead atoms. The Hall–Kier alpha value is -1.62. The molecule has 3 aromatic rings. The molecule has 0 spiro atoms. The fraction of sp³-hybridized carbons (Fsp3) is 0.222. The molecule has 3 rings (SSSR count). The molecule has 1 heterocycles. The van der Waals surface area contributed by atoms with E-state index in [-0.39, 0.29) is 19.0 Å². The third-order valence-electron chi connectivity index (χ3n) is 3.57. The third kappa shape index (κ3) is 4.02. The molecule has 2 unspecified atom stereocenters. The van der Waals surface area contributed by atoms with Crippen molar-refractivity contribution in [3.8, 4) is 5.75 Å². The van der Waals surface area contributed by atoms with Crippen LogP contribution in [0.15, 0.2) is 60.0 Å². The summed E-state index contributed by atoms with van der Waals surface area (Å²) in [6, 6.07) is 17.4. The van der Waals surface area contributed by atoms with E-state index < -0.39 is 12.3 Å². The van der Waals surface area contributed by atoms with Gasteiger partial charge in [-0.05, 0) is 36.2 Å². The lowest BCUT2D eigenvalue weighted by Crippen LogP contribution is -2.29. The number of nitrogens with one attached hydrogen (secondary N) is 1. The third-order valence-corrected chi connectivity index (χ3v) is 4.45. The van der Waals surface area contributed by atoms with E-state index in [1.165, 1.54) is 0 Å². The first-order valence-electron chi connectivity index (χ1n) is 7.26. The first-order valence-corrected chi connectivity index (χ1v) is 8.14. The van der Waals surface area contributed by atoms with E-state index >= 15 is 0 Å². The van der Waals surface area contributed by atoms with Crippen molar-refractivity contribution in [2.24, 2.45) is 0 Å². The van der Waals surface area contributed by atoms with E-state index in [4.69, 9.17) is 4.74 Å². The number of benzene rings is 2. The van der Waals surface area contributed by atoms with E-state index in [0.29, 0.717) is 0 Å². The van der Waals surface area contributed by atoms with Crippen LogP contribution in [-0.4, -0.2) is 19.8 Å². The molecule has 0 aliphatic rings. The Balaban J connectivity index is 0.00000192. The van der Waals surface area contributed by atoms with Crippen LogP contribution in [0.25, 0.3) is 10.1 Å². The molecule has 0 radical (unpaired) electrons. The first-order chi connectivity index (χ1) is 10.8. The van der Waals surface area contributed by atoms with Crippen LogP contribution in [0.1, 0.15) is 11.7 Å². The molecule has 0 fully saturated rings. The van der Waals surface area contributed by atoms with Gasteiger partial charge in [-0.3, -0.25) is 0 Å². The molecule has 0 amide bonds. The molecule has 1 N–H and O–H groups in total. The number of halogens is 2. The lowest BCUT2D eigenvalue weighted by molar-refractivity contribution is 0.102. The van der Waals surface area contributed by atoms with Gasteiger partial charge in [0.05, 0.1) is 0 Å². The van der Waals surface area contributed by atoms with Crippen molar-refractivity contribution in [1.82, 2.24) is 5.32 Å². The molecule has 0 saturated heterocycles. The number of thiophene rings is 1. The van der Waals surface area contributed by atoms with E-state index in [9.17, 15) is 4.39 Å². The first kappa shape index (κ1) is 17.7. The maximum absolute atomic E-state index is 14.6. The highest BCUT2D eigenvalue weighted by molar-refractivity contribution is 7.17. The van der Waals surface area contributed by atoms with Gasteiger partial charge < -0.3 is 10.1 Å². The van der Waals surface area contributed by atoms with Crippen LogP contribution in [0.2, 0.25) is 0 Å². The summed E-state index contributed by atoms with van der Waals surface area (Å²) in [5, 5.41) is 5.94. The largest absolute Gasteiger partial charge is 0.482 e. The number of fused-ring (bicyclic) bond motifs is 1. The number of rotatable bonds is 6. The Kier molecular flexibility index (Phi) is 6.39. The highest BCUT2D eigenvalue weighted by atomic mass is 35.5. The molecule has 0 saturated carbocycles. The summed E-state index contributed by atoms with van der Waals surface area (Å²) in [6.45, 7) is 0.249. The van der Waals surface area contributed by atoms with Crippen LogP contribution in [0.3, 0.4) is 0 Å². The normalized spacial score (nSPS) is 13.3. The Labute approximate surface area is 145 Å². The summed E-state index contributed by atoms with van der Waals surface area (Å²) in [5.74, 6) is 0.728. The summed E-state index contributed by atoms with van der Waals surface area (Å²) in [6.07, 6.45) is -1.75. The van der Waals surface area contributed by atoms with Gasteiger partial charge in [-0.15, -0.1) is 23.7 Å². The molecular weight excluding hydrogens is 333 g/mol. The number of hydrogen-bond acceptors (Lipinski definition) is 3. The molecule has 2 nitrogen and oxygen atoms in total. The minimum Gasteiger partial charge on any atom is -0.482 e. The van der Waals surface area contributed by atoms with Crippen LogP contribution in [0.4, 0.5) is 4.39 Å². The van der Waals surface area contributed by atoms with Gasteiger partial charge in [0.25, 0.3) is 0 Å². The minimum absolute atomic E-state index is 0. The SMILES string of the molecule is CNCC(F)C(Oc1cccc2sccc12)c1ccccc1.Cl. The molecule has 0 aliphatic heterocycles. The molecule has 23 heavy (non-hydrogen) atoms. The minimum atomic E-state index is -1.12. The van der Waals surface area contributed by atoms with Gasteiger partial charge in [0.2, 0.25) is 0 Å². The maximum atomic E-state index is 14.6. The van der Waals surface area contributed by atoms with Gasteiger partial charge in [-0.1, -0.05) is 36.4 Å². The van der Waals surface area contributed by atoms with Crippen molar-refractivity contribution >= 4 is 33.8 Å². The quantitative estimate of drug-likeness (QED) is 0.674. The van der Waals surface area contributed by atoms with Crippen LogP contribution in [0.5, 0.6) is 5.75 Å². The zero-order chi connectivity index (χ0) is 15.4. The Bertz CT molecular complexity index is 734. The standard InChI is InChI=1S/C18H18FNOS.ClH/c1-20-12-15(19)18(13-6-3-2-4-7-13)21-16-8-5-9-17-14(16)10-11-22-17;/h2-11,15,18,20H,12H2,1H3;1H. The van der Waals surface area contributed by atoms with Crippen molar-refractivity contribution < 1.29 is 9.13 Å². The number of hydrogen-bond donors (Lipinski definition) is 1. The monoisotopic (exact) mass is 351 g/mol. The highest BCUT2D eigenvalue weighted by Crippen LogP contribution is 2.34. The zero-order valence-electron chi connectivity index (χ0n) is 12.7. The fourth-order valence-electron chi connectivity index (χ4n) is 2.50. The topological polar surface area (TPSA) is 21.3 Å². The fourth-order valence-corrected chi connectivity index (χ4v) is 3.30. The van der Waals surface area contributed by atoms with Gasteiger partial charge in [-0.25, -0.2) is 4.39 Å².